The average molecular weight is 372 g/mol. The first kappa shape index (κ1) is 19.0. The van der Waals surface area contributed by atoms with Gasteiger partial charge in [0.1, 0.15) is 0 Å². The molecule has 0 spiro atoms. The third-order valence-electron chi connectivity index (χ3n) is 4.30. The zero-order chi connectivity index (χ0) is 17.9. The zero-order valence-electron chi connectivity index (χ0n) is 14.3. The Morgan fingerprint density at radius 1 is 1.08 bits per heavy atom. The van der Waals surface area contributed by atoms with Gasteiger partial charge in [0, 0.05) is 54.9 Å². The summed E-state index contributed by atoms with van der Waals surface area (Å²) in [7, 11) is 1.82. The molecule has 1 aromatic rings. The number of carbonyl (C=O) groups is 2. The number of amides is 2. The summed E-state index contributed by atoms with van der Waals surface area (Å²) in [5.41, 5.74) is 0.497. The van der Waals surface area contributed by atoms with Crippen LogP contribution in [0.25, 0.3) is 0 Å². The normalized spacial score (nSPS) is 15.7. The van der Waals surface area contributed by atoms with Crippen molar-refractivity contribution in [2.45, 2.75) is 19.9 Å². The van der Waals surface area contributed by atoms with Gasteiger partial charge in [-0.1, -0.05) is 23.2 Å². The molecule has 1 aliphatic rings. The van der Waals surface area contributed by atoms with E-state index in [9.17, 15) is 9.59 Å². The van der Waals surface area contributed by atoms with Crippen LogP contribution >= 0.6 is 23.2 Å². The molecule has 0 radical (unpaired) electrons. The summed E-state index contributed by atoms with van der Waals surface area (Å²) in [6, 6.07) is 5.05. The number of hydrogen-bond donors (Lipinski definition) is 0. The molecule has 1 fully saturated rings. The van der Waals surface area contributed by atoms with E-state index in [1.165, 1.54) is 0 Å². The van der Waals surface area contributed by atoms with Crippen LogP contribution in [-0.2, 0) is 4.79 Å². The highest BCUT2D eigenvalue weighted by molar-refractivity contribution is 6.35. The first-order chi connectivity index (χ1) is 11.3. The summed E-state index contributed by atoms with van der Waals surface area (Å²) in [5, 5.41) is 0.901. The molecule has 1 aliphatic heterocycles. The van der Waals surface area contributed by atoms with Crippen LogP contribution in [0.4, 0.5) is 0 Å². The Hall–Kier alpha value is -1.30. The SMILES string of the molecule is CC(C)N(C)C(=O)CN1CCN(C(=O)c2cc(Cl)cc(Cl)c2)CC1. The summed E-state index contributed by atoms with van der Waals surface area (Å²) in [5.74, 6) is 0.0241. The van der Waals surface area contributed by atoms with Gasteiger partial charge in [0.15, 0.2) is 0 Å². The Labute approximate surface area is 153 Å². The lowest BCUT2D eigenvalue weighted by molar-refractivity contribution is -0.132. The molecular weight excluding hydrogens is 349 g/mol. The molecule has 0 aliphatic carbocycles. The minimum Gasteiger partial charge on any atom is -0.342 e. The van der Waals surface area contributed by atoms with Crippen LogP contribution in [0.15, 0.2) is 18.2 Å². The van der Waals surface area contributed by atoms with Gasteiger partial charge in [-0.15, -0.1) is 0 Å². The van der Waals surface area contributed by atoms with Gasteiger partial charge in [0.05, 0.1) is 6.54 Å². The van der Waals surface area contributed by atoms with E-state index in [1.807, 2.05) is 20.9 Å². The van der Waals surface area contributed by atoms with Crippen molar-refractivity contribution in [2.75, 3.05) is 39.8 Å². The Bertz CT molecular complexity index is 594. The van der Waals surface area contributed by atoms with E-state index < -0.39 is 0 Å². The van der Waals surface area contributed by atoms with Gasteiger partial charge in [-0.05, 0) is 32.0 Å². The minimum absolute atomic E-state index is 0.0790. The van der Waals surface area contributed by atoms with E-state index in [4.69, 9.17) is 23.2 Å². The highest BCUT2D eigenvalue weighted by Gasteiger charge is 2.24. The summed E-state index contributed by atoms with van der Waals surface area (Å²) in [6.45, 7) is 6.90. The molecule has 5 nitrogen and oxygen atoms in total. The van der Waals surface area contributed by atoms with E-state index in [2.05, 4.69) is 4.90 Å². The lowest BCUT2D eigenvalue weighted by atomic mass is 10.2. The molecule has 0 bridgehead atoms. The van der Waals surface area contributed by atoms with E-state index in [1.54, 1.807) is 28.0 Å². The van der Waals surface area contributed by atoms with Crippen LogP contribution in [0, 0.1) is 0 Å². The Balaban J connectivity index is 1.90. The first-order valence-corrected chi connectivity index (χ1v) is 8.77. The third kappa shape index (κ3) is 4.85. The van der Waals surface area contributed by atoms with Gasteiger partial charge in [-0.2, -0.15) is 0 Å². The van der Waals surface area contributed by atoms with E-state index in [-0.39, 0.29) is 17.9 Å². The van der Waals surface area contributed by atoms with Gasteiger partial charge in [0.25, 0.3) is 5.91 Å². The third-order valence-corrected chi connectivity index (χ3v) is 4.73. The topological polar surface area (TPSA) is 43.9 Å². The van der Waals surface area contributed by atoms with Crippen molar-refractivity contribution in [3.63, 3.8) is 0 Å². The van der Waals surface area contributed by atoms with Crippen LogP contribution in [0.1, 0.15) is 24.2 Å². The second-order valence-corrected chi connectivity index (χ2v) is 7.20. The molecule has 0 saturated carbocycles. The van der Waals surface area contributed by atoms with Crippen molar-refractivity contribution in [2.24, 2.45) is 0 Å². The van der Waals surface area contributed by atoms with Crippen LogP contribution in [0.5, 0.6) is 0 Å². The molecular formula is C17H23Cl2N3O2. The zero-order valence-corrected chi connectivity index (χ0v) is 15.8. The fourth-order valence-electron chi connectivity index (χ4n) is 2.56. The van der Waals surface area contributed by atoms with Gasteiger partial charge in [-0.25, -0.2) is 0 Å². The van der Waals surface area contributed by atoms with Crippen LogP contribution in [0.2, 0.25) is 10.0 Å². The number of halogens is 2. The van der Waals surface area contributed by atoms with Gasteiger partial charge in [0.2, 0.25) is 5.91 Å². The predicted molar refractivity (Wildman–Crippen MR) is 96.7 cm³/mol. The van der Waals surface area contributed by atoms with E-state index in [0.717, 1.165) is 0 Å². The molecule has 24 heavy (non-hydrogen) atoms. The fraction of sp³-hybridized carbons (Fsp3) is 0.529. The fourth-order valence-corrected chi connectivity index (χ4v) is 3.09. The van der Waals surface area contributed by atoms with Gasteiger partial charge in [-0.3, -0.25) is 14.5 Å². The summed E-state index contributed by atoms with van der Waals surface area (Å²) in [6.07, 6.45) is 0. The summed E-state index contributed by atoms with van der Waals surface area (Å²) in [4.78, 5) is 30.3. The van der Waals surface area contributed by atoms with Crippen molar-refractivity contribution >= 4 is 35.0 Å². The average Bonchev–Trinajstić information content (AvgIpc) is 2.53. The number of benzene rings is 1. The molecule has 0 atom stereocenters. The predicted octanol–water partition coefficient (Wildman–Crippen LogP) is 2.62. The largest absolute Gasteiger partial charge is 0.342 e. The smallest absolute Gasteiger partial charge is 0.254 e. The Morgan fingerprint density at radius 3 is 2.12 bits per heavy atom. The number of carbonyl (C=O) groups excluding carboxylic acids is 2. The standard InChI is InChI=1S/C17H23Cl2N3O2/c1-12(2)20(3)16(23)11-21-4-6-22(7-5-21)17(24)13-8-14(18)10-15(19)9-13/h8-10,12H,4-7,11H2,1-3H3. The quantitative estimate of drug-likeness (QED) is 0.816. The Kier molecular flexibility index (Phi) is 6.49. The molecule has 132 valence electrons. The van der Waals surface area contributed by atoms with E-state index in [0.29, 0.717) is 48.3 Å². The summed E-state index contributed by atoms with van der Waals surface area (Å²) >= 11 is 11.9. The molecule has 0 aromatic heterocycles. The molecule has 0 N–H and O–H groups in total. The Morgan fingerprint density at radius 2 is 1.62 bits per heavy atom. The second-order valence-electron chi connectivity index (χ2n) is 6.32. The van der Waals surface area contributed by atoms with Crippen molar-refractivity contribution < 1.29 is 9.59 Å². The maximum atomic E-state index is 12.5. The van der Waals surface area contributed by atoms with E-state index >= 15 is 0 Å². The molecule has 1 saturated heterocycles. The molecule has 2 amide bonds. The molecule has 1 aromatic carbocycles. The van der Waals surface area contributed by atoms with Crippen LogP contribution in [-0.4, -0.2) is 72.3 Å². The van der Waals surface area contributed by atoms with Gasteiger partial charge < -0.3 is 9.80 Å². The lowest BCUT2D eigenvalue weighted by Gasteiger charge is -2.35. The molecule has 2 rings (SSSR count). The monoisotopic (exact) mass is 371 g/mol. The van der Waals surface area contributed by atoms with Crippen molar-refractivity contribution in [3.05, 3.63) is 33.8 Å². The minimum atomic E-state index is -0.0790. The first-order valence-electron chi connectivity index (χ1n) is 8.01. The summed E-state index contributed by atoms with van der Waals surface area (Å²) < 4.78 is 0. The number of nitrogens with zero attached hydrogens (tertiary/aromatic N) is 3. The number of likely N-dealkylation sites (N-methyl/N-ethyl adjacent to an activating group) is 1. The molecule has 0 unspecified atom stereocenters. The van der Waals surface area contributed by atoms with Crippen molar-refractivity contribution in [1.82, 2.24) is 14.7 Å². The highest BCUT2D eigenvalue weighted by Crippen LogP contribution is 2.20. The second kappa shape index (κ2) is 8.19. The highest BCUT2D eigenvalue weighted by atomic mass is 35.5. The lowest BCUT2D eigenvalue weighted by Crippen LogP contribution is -2.51. The molecule has 7 heteroatoms. The molecule has 1 heterocycles. The van der Waals surface area contributed by atoms with Crippen molar-refractivity contribution in [3.8, 4) is 0 Å². The number of rotatable bonds is 4. The van der Waals surface area contributed by atoms with Gasteiger partial charge >= 0.3 is 0 Å². The maximum Gasteiger partial charge on any atom is 0.254 e. The van der Waals surface area contributed by atoms with Crippen LogP contribution < -0.4 is 0 Å². The van der Waals surface area contributed by atoms with Crippen LogP contribution in [0.3, 0.4) is 0 Å². The van der Waals surface area contributed by atoms with Crippen molar-refractivity contribution in [1.29, 1.82) is 0 Å². The number of hydrogen-bond acceptors (Lipinski definition) is 3. The maximum absolute atomic E-state index is 12.5. The number of piperazine rings is 1.